The molecule has 8 heteroatoms. The minimum absolute atomic E-state index is 0.0931. The molecule has 5 N–H and O–H groups in total. The molecule has 1 heterocycles. The van der Waals surface area contributed by atoms with Gasteiger partial charge in [-0.15, -0.1) is 0 Å². The number of amides is 1. The summed E-state index contributed by atoms with van der Waals surface area (Å²) >= 11 is 0. The third-order valence-electron chi connectivity index (χ3n) is 4.58. The fraction of sp³-hybridized carbons (Fsp3) is 0.579. The SMILES string of the molecule is CCNC(=NCC1(CCO)CCOC1)NCCNC(=O)c1ccc(O)cc1. The smallest absolute Gasteiger partial charge is 0.251 e. The van der Waals surface area contributed by atoms with E-state index in [0.717, 1.165) is 13.0 Å². The predicted octanol–water partition coefficient (Wildman–Crippen LogP) is 0.466. The number of benzene rings is 1. The Labute approximate surface area is 160 Å². The lowest BCUT2D eigenvalue weighted by Crippen LogP contribution is -2.42. The number of phenols is 1. The van der Waals surface area contributed by atoms with E-state index in [0.29, 0.717) is 50.8 Å². The number of aromatic hydroxyl groups is 1. The molecule has 27 heavy (non-hydrogen) atoms. The summed E-state index contributed by atoms with van der Waals surface area (Å²) in [7, 11) is 0. The van der Waals surface area contributed by atoms with Crippen molar-refractivity contribution < 1.29 is 19.7 Å². The van der Waals surface area contributed by atoms with Gasteiger partial charge in [0.25, 0.3) is 5.91 Å². The van der Waals surface area contributed by atoms with Crippen LogP contribution in [0, 0.1) is 5.41 Å². The highest BCUT2D eigenvalue weighted by Gasteiger charge is 2.34. The third-order valence-corrected chi connectivity index (χ3v) is 4.58. The molecule has 0 radical (unpaired) electrons. The first-order chi connectivity index (χ1) is 13.1. The lowest BCUT2D eigenvalue weighted by molar-refractivity contribution is 0.0954. The topological polar surface area (TPSA) is 115 Å². The van der Waals surface area contributed by atoms with Gasteiger partial charge < -0.3 is 30.9 Å². The number of aliphatic hydroxyl groups is 1. The summed E-state index contributed by atoms with van der Waals surface area (Å²) in [5.74, 6) is 0.621. The quantitative estimate of drug-likeness (QED) is 0.242. The van der Waals surface area contributed by atoms with Crippen LogP contribution in [-0.2, 0) is 4.74 Å². The number of carbonyl (C=O) groups excluding carboxylic acids is 1. The van der Waals surface area contributed by atoms with E-state index in [1.54, 1.807) is 12.1 Å². The lowest BCUT2D eigenvalue weighted by atomic mass is 9.84. The van der Waals surface area contributed by atoms with Crippen LogP contribution >= 0.6 is 0 Å². The largest absolute Gasteiger partial charge is 0.508 e. The van der Waals surface area contributed by atoms with Crippen molar-refractivity contribution in [2.24, 2.45) is 10.4 Å². The van der Waals surface area contributed by atoms with Crippen LogP contribution in [0.15, 0.2) is 29.3 Å². The van der Waals surface area contributed by atoms with Gasteiger partial charge in [-0.3, -0.25) is 9.79 Å². The van der Waals surface area contributed by atoms with E-state index in [1.807, 2.05) is 6.92 Å². The van der Waals surface area contributed by atoms with Gasteiger partial charge in [-0.1, -0.05) is 0 Å². The number of carbonyl (C=O) groups is 1. The molecule has 1 atom stereocenters. The molecule has 2 rings (SSSR count). The summed E-state index contributed by atoms with van der Waals surface area (Å²) < 4.78 is 5.50. The normalized spacial score (nSPS) is 19.7. The van der Waals surface area contributed by atoms with Crippen LogP contribution in [0.25, 0.3) is 0 Å². The highest BCUT2D eigenvalue weighted by atomic mass is 16.5. The Morgan fingerprint density at radius 2 is 1.96 bits per heavy atom. The van der Waals surface area contributed by atoms with Crippen LogP contribution in [0.3, 0.4) is 0 Å². The Bertz CT molecular complexity index is 613. The average Bonchev–Trinajstić information content (AvgIpc) is 3.12. The first-order valence-electron chi connectivity index (χ1n) is 9.36. The number of ether oxygens (including phenoxy) is 1. The zero-order valence-electron chi connectivity index (χ0n) is 15.8. The Hall–Kier alpha value is -2.32. The average molecular weight is 378 g/mol. The van der Waals surface area contributed by atoms with E-state index in [4.69, 9.17) is 4.74 Å². The van der Waals surface area contributed by atoms with Crippen molar-refractivity contribution in [2.75, 3.05) is 46.0 Å². The van der Waals surface area contributed by atoms with Crippen molar-refractivity contribution in [2.45, 2.75) is 19.8 Å². The molecule has 1 amide bonds. The second-order valence-corrected chi connectivity index (χ2v) is 6.70. The van der Waals surface area contributed by atoms with E-state index in [-0.39, 0.29) is 23.7 Å². The third kappa shape index (κ3) is 6.73. The van der Waals surface area contributed by atoms with Crippen LogP contribution in [0.5, 0.6) is 5.75 Å². The molecule has 150 valence electrons. The molecule has 1 saturated heterocycles. The van der Waals surface area contributed by atoms with Crippen LogP contribution in [0.1, 0.15) is 30.1 Å². The molecule has 1 aromatic rings. The maximum absolute atomic E-state index is 12.0. The van der Waals surface area contributed by atoms with E-state index >= 15 is 0 Å². The van der Waals surface area contributed by atoms with Crippen molar-refractivity contribution in [1.29, 1.82) is 0 Å². The van der Waals surface area contributed by atoms with Gasteiger partial charge in [-0.25, -0.2) is 0 Å². The van der Waals surface area contributed by atoms with Crippen molar-refractivity contribution in [3.05, 3.63) is 29.8 Å². The van der Waals surface area contributed by atoms with Crippen molar-refractivity contribution in [1.82, 2.24) is 16.0 Å². The molecular weight excluding hydrogens is 348 g/mol. The molecule has 0 bridgehead atoms. The Morgan fingerprint density at radius 1 is 1.22 bits per heavy atom. The number of aliphatic imine (C=N–C) groups is 1. The summed E-state index contributed by atoms with van der Waals surface area (Å²) in [6.45, 7) is 5.74. The van der Waals surface area contributed by atoms with Gasteiger partial charge in [0.1, 0.15) is 5.75 Å². The second kappa shape index (κ2) is 10.7. The summed E-state index contributed by atoms with van der Waals surface area (Å²) in [4.78, 5) is 16.7. The highest BCUT2D eigenvalue weighted by Crippen LogP contribution is 2.32. The number of nitrogens with one attached hydrogen (secondary N) is 3. The standard InChI is InChI=1S/C19H30N4O4/c1-2-20-18(23-13-19(7-11-24)8-12-27-14-19)22-10-9-21-17(26)15-3-5-16(25)6-4-15/h3-6,24-25H,2,7-14H2,1H3,(H,21,26)(H2,20,22,23). The van der Waals surface area contributed by atoms with Gasteiger partial charge in [0.15, 0.2) is 5.96 Å². The van der Waals surface area contributed by atoms with Crippen LogP contribution < -0.4 is 16.0 Å². The number of guanidine groups is 1. The minimum atomic E-state index is -0.191. The summed E-state index contributed by atoms with van der Waals surface area (Å²) in [6, 6.07) is 6.12. The summed E-state index contributed by atoms with van der Waals surface area (Å²) in [5.41, 5.74) is 0.407. The van der Waals surface area contributed by atoms with E-state index in [9.17, 15) is 15.0 Å². The molecule has 1 fully saturated rings. The molecule has 1 unspecified atom stereocenters. The Morgan fingerprint density at radius 3 is 2.59 bits per heavy atom. The maximum atomic E-state index is 12.0. The highest BCUT2D eigenvalue weighted by molar-refractivity contribution is 5.94. The number of hydrogen-bond donors (Lipinski definition) is 5. The first kappa shape index (κ1) is 21.0. The van der Waals surface area contributed by atoms with Gasteiger partial charge in [-0.05, 0) is 44.0 Å². The minimum Gasteiger partial charge on any atom is -0.508 e. The van der Waals surface area contributed by atoms with Gasteiger partial charge >= 0.3 is 0 Å². The van der Waals surface area contributed by atoms with Crippen molar-refractivity contribution >= 4 is 11.9 Å². The number of phenolic OH excluding ortho intramolecular Hbond substituents is 1. The lowest BCUT2D eigenvalue weighted by Gasteiger charge is -2.24. The number of aliphatic hydroxyl groups excluding tert-OH is 1. The zero-order valence-corrected chi connectivity index (χ0v) is 15.8. The summed E-state index contributed by atoms with van der Waals surface area (Å²) in [5, 5.41) is 27.8. The first-order valence-corrected chi connectivity index (χ1v) is 9.36. The Balaban J connectivity index is 1.79. The van der Waals surface area contributed by atoms with Crippen molar-refractivity contribution in [3.63, 3.8) is 0 Å². The summed E-state index contributed by atoms with van der Waals surface area (Å²) in [6.07, 6.45) is 1.58. The molecule has 0 aromatic heterocycles. The van der Waals surface area contributed by atoms with Crippen molar-refractivity contribution in [3.8, 4) is 5.75 Å². The van der Waals surface area contributed by atoms with Gasteiger partial charge in [0.2, 0.25) is 0 Å². The van der Waals surface area contributed by atoms with Gasteiger partial charge in [-0.2, -0.15) is 0 Å². The number of nitrogens with zero attached hydrogens (tertiary/aromatic N) is 1. The predicted molar refractivity (Wildman–Crippen MR) is 104 cm³/mol. The maximum Gasteiger partial charge on any atom is 0.251 e. The number of hydrogen-bond acceptors (Lipinski definition) is 5. The fourth-order valence-electron chi connectivity index (χ4n) is 2.95. The van der Waals surface area contributed by atoms with E-state index in [1.165, 1.54) is 12.1 Å². The second-order valence-electron chi connectivity index (χ2n) is 6.70. The molecule has 1 aliphatic rings. The molecule has 0 saturated carbocycles. The number of rotatable bonds is 9. The van der Waals surface area contributed by atoms with E-state index in [2.05, 4.69) is 20.9 Å². The monoisotopic (exact) mass is 378 g/mol. The van der Waals surface area contributed by atoms with Crippen LogP contribution in [-0.4, -0.2) is 68.1 Å². The van der Waals surface area contributed by atoms with Crippen LogP contribution in [0.4, 0.5) is 0 Å². The fourth-order valence-corrected chi connectivity index (χ4v) is 2.95. The molecule has 0 aliphatic carbocycles. The van der Waals surface area contributed by atoms with Gasteiger partial charge in [0, 0.05) is 43.8 Å². The molecular formula is C19H30N4O4. The van der Waals surface area contributed by atoms with E-state index < -0.39 is 0 Å². The zero-order chi connectivity index (χ0) is 19.5. The van der Waals surface area contributed by atoms with Crippen LogP contribution in [0.2, 0.25) is 0 Å². The van der Waals surface area contributed by atoms with Gasteiger partial charge in [0.05, 0.1) is 13.2 Å². The molecule has 1 aromatic carbocycles. The molecule has 0 spiro atoms. The Kier molecular flexibility index (Phi) is 8.35. The molecule has 8 nitrogen and oxygen atoms in total. The molecule has 1 aliphatic heterocycles.